The summed E-state index contributed by atoms with van der Waals surface area (Å²) in [5, 5.41) is 0. The minimum Gasteiger partial charge on any atom is -0.468 e. The monoisotopic (exact) mass is 572 g/mol. The van der Waals surface area contributed by atoms with Gasteiger partial charge in [-0.15, -0.1) is 0 Å². The van der Waals surface area contributed by atoms with E-state index < -0.39 is 34.7 Å². The van der Waals surface area contributed by atoms with E-state index in [0.717, 1.165) is 11.1 Å². The fourth-order valence-electron chi connectivity index (χ4n) is 4.25. The fraction of sp³-hybridized carbons (Fsp3) is 0.294. The number of rotatable bonds is 13. The summed E-state index contributed by atoms with van der Waals surface area (Å²) in [6.45, 7) is 0. The maximum absolute atomic E-state index is 12.8. The lowest BCUT2D eigenvalue weighted by molar-refractivity contribution is -0.170. The summed E-state index contributed by atoms with van der Waals surface area (Å²) in [5.41, 5.74) is -1.51. The van der Waals surface area contributed by atoms with Crippen molar-refractivity contribution in [3.05, 3.63) is 96.1 Å². The third kappa shape index (κ3) is 8.80. The Morgan fingerprint density at radius 3 is 1.40 bits per heavy atom. The summed E-state index contributed by atoms with van der Waals surface area (Å²) in [7, 11) is 4.80. The molecule has 0 saturated carbocycles. The molecule has 2 aromatic carbocycles. The standard InChI is InChI=1S/C34H36O8/c1-39-29(35)33(30(36)40-2,25-15-21-27-17-9-7-10-18-27)23-13-5-6-14-24-34(31(37)41-3,32(38)42-4)26-16-22-28-19-11-8-12-20-28/h5,7-13,15-22H,23-26H2,1-4H3/b13-5+,21-15+,22-16+. The summed E-state index contributed by atoms with van der Waals surface area (Å²) in [6, 6.07) is 18.8. The molecule has 0 fully saturated rings. The van der Waals surface area contributed by atoms with Gasteiger partial charge in [0.2, 0.25) is 0 Å². The first-order chi connectivity index (χ1) is 20.3. The van der Waals surface area contributed by atoms with Crippen LogP contribution >= 0.6 is 0 Å². The molecule has 0 amide bonds. The van der Waals surface area contributed by atoms with E-state index in [1.54, 1.807) is 30.4 Å². The van der Waals surface area contributed by atoms with Crippen molar-refractivity contribution < 1.29 is 38.1 Å². The van der Waals surface area contributed by atoms with Gasteiger partial charge in [-0.05, 0) is 36.5 Å². The van der Waals surface area contributed by atoms with Crippen molar-refractivity contribution in [3.8, 4) is 11.8 Å². The van der Waals surface area contributed by atoms with Crippen LogP contribution in [0.15, 0.2) is 85.0 Å². The normalized spacial score (nSPS) is 11.6. The lowest BCUT2D eigenvalue weighted by Crippen LogP contribution is -2.40. The van der Waals surface area contributed by atoms with Crippen LogP contribution in [0.4, 0.5) is 0 Å². The second-order valence-corrected chi connectivity index (χ2v) is 9.27. The summed E-state index contributed by atoms with van der Waals surface area (Å²) in [5.74, 6) is 2.57. The highest BCUT2D eigenvalue weighted by atomic mass is 16.6. The molecule has 0 heterocycles. The molecule has 0 N–H and O–H groups in total. The largest absolute Gasteiger partial charge is 0.468 e. The fourth-order valence-corrected chi connectivity index (χ4v) is 4.25. The van der Waals surface area contributed by atoms with Gasteiger partial charge in [-0.3, -0.25) is 19.2 Å². The van der Waals surface area contributed by atoms with E-state index in [-0.39, 0.29) is 25.7 Å². The summed E-state index contributed by atoms with van der Waals surface area (Å²) >= 11 is 0. The van der Waals surface area contributed by atoms with Gasteiger partial charge in [0, 0.05) is 6.42 Å². The lowest BCUT2D eigenvalue weighted by Gasteiger charge is -2.25. The molecule has 2 rings (SSSR count). The van der Waals surface area contributed by atoms with Crippen LogP contribution in [0.1, 0.15) is 36.8 Å². The average molecular weight is 573 g/mol. The van der Waals surface area contributed by atoms with Crippen molar-refractivity contribution in [3.63, 3.8) is 0 Å². The van der Waals surface area contributed by atoms with Crippen LogP contribution in [0.5, 0.6) is 0 Å². The van der Waals surface area contributed by atoms with Crippen LogP contribution in [-0.4, -0.2) is 52.3 Å². The molecule has 220 valence electrons. The first-order valence-electron chi connectivity index (χ1n) is 13.2. The van der Waals surface area contributed by atoms with Crippen LogP contribution < -0.4 is 0 Å². The van der Waals surface area contributed by atoms with Crippen LogP contribution in [0.25, 0.3) is 12.2 Å². The van der Waals surface area contributed by atoms with Crippen molar-refractivity contribution in [1.29, 1.82) is 0 Å². The Bertz CT molecular complexity index is 1310. The molecule has 0 bridgehead atoms. The zero-order valence-electron chi connectivity index (χ0n) is 24.3. The number of hydrogen-bond acceptors (Lipinski definition) is 8. The molecule has 8 heteroatoms. The summed E-state index contributed by atoms with van der Waals surface area (Å²) in [4.78, 5) is 51.2. The van der Waals surface area contributed by atoms with E-state index in [1.807, 2.05) is 60.7 Å². The Morgan fingerprint density at radius 1 is 0.595 bits per heavy atom. The van der Waals surface area contributed by atoms with E-state index >= 15 is 0 Å². The van der Waals surface area contributed by atoms with E-state index in [0.29, 0.717) is 0 Å². The van der Waals surface area contributed by atoms with Crippen molar-refractivity contribution in [2.45, 2.75) is 25.7 Å². The van der Waals surface area contributed by atoms with E-state index in [1.165, 1.54) is 34.5 Å². The van der Waals surface area contributed by atoms with Crippen molar-refractivity contribution >= 4 is 36.0 Å². The second-order valence-electron chi connectivity index (χ2n) is 9.27. The zero-order chi connectivity index (χ0) is 30.8. The molecule has 0 spiro atoms. The smallest absolute Gasteiger partial charge is 0.324 e. The van der Waals surface area contributed by atoms with Gasteiger partial charge in [0.25, 0.3) is 0 Å². The highest BCUT2D eigenvalue weighted by Crippen LogP contribution is 2.33. The van der Waals surface area contributed by atoms with Gasteiger partial charge in [0.1, 0.15) is 0 Å². The van der Waals surface area contributed by atoms with E-state index in [2.05, 4.69) is 11.8 Å². The molecule has 8 nitrogen and oxygen atoms in total. The molecule has 0 aliphatic rings. The Morgan fingerprint density at radius 2 is 0.976 bits per heavy atom. The molecule has 0 aromatic heterocycles. The topological polar surface area (TPSA) is 105 Å². The maximum atomic E-state index is 12.8. The number of methoxy groups -OCH3 is 4. The molecule has 0 aliphatic carbocycles. The number of benzene rings is 2. The third-order valence-electron chi connectivity index (χ3n) is 6.62. The zero-order valence-corrected chi connectivity index (χ0v) is 24.3. The molecule has 2 aromatic rings. The van der Waals surface area contributed by atoms with Crippen LogP contribution in [0.2, 0.25) is 0 Å². The third-order valence-corrected chi connectivity index (χ3v) is 6.62. The SMILES string of the molecule is COC(=O)C(CC#C/C=C/CC(C/C=C/c1ccccc1)(C(=O)OC)C(=O)OC)(C/C=C/c1ccccc1)C(=O)OC. The van der Waals surface area contributed by atoms with Crippen LogP contribution in [-0.2, 0) is 38.1 Å². The second kappa shape index (κ2) is 17.0. The van der Waals surface area contributed by atoms with Crippen LogP contribution in [0.3, 0.4) is 0 Å². The molecule has 0 saturated heterocycles. The van der Waals surface area contributed by atoms with Gasteiger partial charge in [0.15, 0.2) is 10.8 Å². The van der Waals surface area contributed by atoms with Gasteiger partial charge < -0.3 is 18.9 Å². The quantitative estimate of drug-likeness (QED) is 0.140. The average Bonchev–Trinajstić information content (AvgIpc) is 3.04. The number of hydrogen-bond donors (Lipinski definition) is 0. The summed E-state index contributed by atoms with van der Waals surface area (Å²) < 4.78 is 19.8. The predicted molar refractivity (Wildman–Crippen MR) is 159 cm³/mol. The Balaban J connectivity index is 2.28. The van der Waals surface area contributed by atoms with Crippen molar-refractivity contribution in [1.82, 2.24) is 0 Å². The highest BCUT2D eigenvalue weighted by Gasteiger charge is 2.47. The summed E-state index contributed by atoms with van der Waals surface area (Å²) in [6.07, 6.45) is 9.78. The van der Waals surface area contributed by atoms with Crippen molar-refractivity contribution in [2.75, 3.05) is 28.4 Å². The minimum absolute atomic E-state index is 0.00117. The molecule has 0 unspecified atom stereocenters. The van der Waals surface area contributed by atoms with E-state index in [4.69, 9.17) is 18.9 Å². The number of carbonyl (C=O) groups is 4. The first kappa shape index (κ1) is 33.3. The van der Waals surface area contributed by atoms with Gasteiger partial charge >= 0.3 is 23.9 Å². The molecular weight excluding hydrogens is 536 g/mol. The molecule has 0 atom stereocenters. The Labute approximate surface area is 247 Å². The number of esters is 4. The Hall–Kier alpha value is -4.90. The molecule has 42 heavy (non-hydrogen) atoms. The van der Waals surface area contributed by atoms with Gasteiger partial charge in [0.05, 0.1) is 28.4 Å². The van der Waals surface area contributed by atoms with Gasteiger partial charge in [-0.1, -0.05) is 103 Å². The van der Waals surface area contributed by atoms with Crippen LogP contribution in [0, 0.1) is 22.7 Å². The Kier molecular flexibility index (Phi) is 13.5. The first-order valence-corrected chi connectivity index (χ1v) is 13.2. The highest BCUT2D eigenvalue weighted by molar-refractivity contribution is 6.01. The molecule has 0 aliphatic heterocycles. The van der Waals surface area contributed by atoms with Gasteiger partial charge in [-0.2, -0.15) is 0 Å². The lowest BCUT2D eigenvalue weighted by atomic mass is 9.80. The molecular formula is C34H36O8. The number of ether oxygens (including phenoxy) is 4. The van der Waals surface area contributed by atoms with Crippen molar-refractivity contribution in [2.24, 2.45) is 10.8 Å². The predicted octanol–water partition coefficient (Wildman–Crippen LogP) is 5.20. The molecule has 0 radical (unpaired) electrons. The maximum Gasteiger partial charge on any atom is 0.324 e. The van der Waals surface area contributed by atoms with E-state index in [9.17, 15) is 19.2 Å². The number of carbonyl (C=O) groups excluding carboxylic acids is 4. The number of allylic oxidation sites excluding steroid dienone is 4. The van der Waals surface area contributed by atoms with Gasteiger partial charge in [-0.25, -0.2) is 0 Å². The minimum atomic E-state index is -1.68.